The zero-order chi connectivity index (χ0) is 10.4. The van der Waals surface area contributed by atoms with Crippen molar-refractivity contribution in [2.45, 2.75) is 6.42 Å². The first-order valence-electron chi connectivity index (χ1n) is 4.22. The Labute approximate surface area is 82.6 Å². The summed E-state index contributed by atoms with van der Waals surface area (Å²) in [5, 5.41) is 9.23. The minimum Gasteiger partial charge on any atom is -0.512 e. The van der Waals surface area contributed by atoms with Gasteiger partial charge in [0.1, 0.15) is 12.0 Å². The fraction of sp³-hybridized carbons (Fsp3) is 0.182. The summed E-state index contributed by atoms with van der Waals surface area (Å²) in [6.45, 7) is 0. The molecule has 74 valence electrons. The summed E-state index contributed by atoms with van der Waals surface area (Å²) in [6.07, 6.45) is 2.08. The molecular formula is C11H12O3. The molecule has 0 spiro atoms. The Bertz CT molecular complexity index is 325. The van der Waals surface area contributed by atoms with Gasteiger partial charge in [0.15, 0.2) is 0 Å². The van der Waals surface area contributed by atoms with Crippen LogP contribution in [-0.2, 0) is 11.2 Å². The fourth-order valence-corrected chi connectivity index (χ4v) is 1.09. The Balaban J connectivity index is 2.68. The van der Waals surface area contributed by atoms with E-state index in [2.05, 4.69) is 0 Å². The van der Waals surface area contributed by atoms with Gasteiger partial charge in [-0.2, -0.15) is 0 Å². The highest BCUT2D eigenvalue weighted by atomic mass is 16.5. The molecule has 0 saturated heterocycles. The predicted octanol–water partition coefficient (Wildman–Crippen LogP) is 1.88. The van der Waals surface area contributed by atoms with Gasteiger partial charge in [0.25, 0.3) is 0 Å². The van der Waals surface area contributed by atoms with Gasteiger partial charge in [-0.1, -0.05) is 12.1 Å². The van der Waals surface area contributed by atoms with Crippen LogP contribution in [0, 0.1) is 0 Å². The zero-order valence-corrected chi connectivity index (χ0v) is 7.93. The zero-order valence-electron chi connectivity index (χ0n) is 7.93. The molecule has 3 heteroatoms. The molecule has 0 aliphatic carbocycles. The highest BCUT2D eigenvalue weighted by molar-refractivity contribution is 5.65. The third-order valence-corrected chi connectivity index (χ3v) is 1.80. The Morgan fingerprint density at radius 2 is 2.07 bits per heavy atom. The maximum Gasteiger partial charge on any atom is 0.146 e. The van der Waals surface area contributed by atoms with E-state index in [0.717, 1.165) is 17.4 Å². The summed E-state index contributed by atoms with van der Waals surface area (Å²) < 4.78 is 4.99. The van der Waals surface area contributed by atoms with E-state index in [-0.39, 0.29) is 5.76 Å². The van der Waals surface area contributed by atoms with Gasteiger partial charge in [0, 0.05) is 12.5 Å². The molecule has 0 heterocycles. The number of hydrogen-bond donors (Lipinski definition) is 1. The van der Waals surface area contributed by atoms with Crippen LogP contribution < -0.4 is 4.74 Å². The molecule has 14 heavy (non-hydrogen) atoms. The number of aliphatic hydroxyl groups excluding tert-OH is 1. The van der Waals surface area contributed by atoms with Crippen LogP contribution in [0.15, 0.2) is 36.1 Å². The quantitative estimate of drug-likeness (QED) is 0.450. The number of methoxy groups -OCH3 is 1. The monoisotopic (exact) mass is 192 g/mol. The minimum absolute atomic E-state index is 0.0603. The first-order chi connectivity index (χ1) is 6.76. The number of benzene rings is 1. The van der Waals surface area contributed by atoms with Crippen LogP contribution in [0.4, 0.5) is 0 Å². The van der Waals surface area contributed by atoms with E-state index in [1.54, 1.807) is 7.11 Å². The first-order valence-corrected chi connectivity index (χ1v) is 4.22. The molecule has 0 amide bonds. The van der Waals surface area contributed by atoms with E-state index in [1.807, 2.05) is 24.3 Å². The molecular weight excluding hydrogens is 180 g/mol. The maximum atomic E-state index is 10.0. The van der Waals surface area contributed by atoms with Crippen molar-refractivity contribution in [1.82, 2.24) is 0 Å². The van der Waals surface area contributed by atoms with Crippen molar-refractivity contribution in [3.05, 3.63) is 41.7 Å². The molecule has 0 fully saturated rings. The van der Waals surface area contributed by atoms with Crippen LogP contribution in [0.5, 0.6) is 5.75 Å². The van der Waals surface area contributed by atoms with Crippen molar-refractivity contribution in [2.24, 2.45) is 0 Å². The fourth-order valence-electron chi connectivity index (χ4n) is 1.09. The smallest absolute Gasteiger partial charge is 0.146 e. The second-order valence-corrected chi connectivity index (χ2v) is 2.82. The lowest BCUT2D eigenvalue weighted by Gasteiger charge is -2.02. The first kappa shape index (κ1) is 10.3. The van der Waals surface area contributed by atoms with Gasteiger partial charge in [-0.3, -0.25) is 4.79 Å². The van der Waals surface area contributed by atoms with Crippen LogP contribution in [0.3, 0.4) is 0 Å². The maximum absolute atomic E-state index is 10.0. The lowest BCUT2D eigenvalue weighted by Crippen LogP contribution is -1.90. The van der Waals surface area contributed by atoms with E-state index >= 15 is 0 Å². The van der Waals surface area contributed by atoms with E-state index < -0.39 is 0 Å². The molecule has 0 aliphatic rings. The molecule has 0 aliphatic heterocycles. The minimum atomic E-state index is 0.0603. The molecule has 0 unspecified atom stereocenters. The topological polar surface area (TPSA) is 46.5 Å². The average molecular weight is 192 g/mol. The molecule has 1 N–H and O–H groups in total. The number of aldehydes is 1. The lowest BCUT2D eigenvalue weighted by molar-refractivity contribution is -0.104. The standard InChI is InChI=1S/C11H12O3/c1-14-11-4-2-9(3-5-11)8-10(13)6-7-12/h2-7,13H,8H2,1H3. The van der Waals surface area contributed by atoms with E-state index in [0.29, 0.717) is 12.7 Å². The van der Waals surface area contributed by atoms with E-state index in [9.17, 15) is 9.90 Å². The Hall–Kier alpha value is -1.77. The largest absolute Gasteiger partial charge is 0.512 e. The molecule has 1 aromatic carbocycles. The summed E-state index contributed by atoms with van der Waals surface area (Å²) in [7, 11) is 1.60. The molecule has 0 aromatic heterocycles. The molecule has 0 saturated carbocycles. The van der Waals surface area contributed by atoms with Gasteiger partial charge >= 0.3 is 0 Å². The van der Waals surface area contributed by atoms with E-state index in [4.69, 9.17) is 4.74 Å². The molecule has 0 bridgehead atoms. The lowest BCUT2D eigenvalue weighted by atomic mass is 10.1. The van der Waals surface area contributed by atoms with Crippen molar-refractivity contribution in [2.75, 3.05) is 7.11 Å². The SMILES string of the molecule is COc1ccc(CC(O)=CC=O)cc1. The average Bonchev–Trinajstić information content (AvgIpc) is 2.19. The summed E-state index contributed by atoms with van der Waals surface area (Å²) >= 11 is 0. The second-order valence-electron chi connectivity index (χ2n) is 2.82. The number of rotatable bonds is 4. The van der Waals surface area contributed by atoms with Crippen molar-refractivity contribution < 1.29 is 14.6 Å². The van der Waals surface area contributed by atoms with Crippen LogP contribution in [0.2, 0.25) is 0 Å². The summed E-state index contributed by atoms with van der Waals surface area (Å²) in [6, 6.07) is 7.30. The third kappa shape index (κ3) is 2.94. The van der Waals surface area contributed by atoms with Crippen LogP contribution in [0.25, 0.3) is 0 Å². The van der Waals surface area contributed by atoms with Gasteiger partial charge < -0.3 is 9.84 Å². The highest BCUT2D eigenvalue weighted by Crippen LogP contribution is 2.13. The van der Waals surface area contributed by atoms with E-state index in [1.165, 1.54) is 0 Å². The number of hydrogen-bond acceptors (Lipinski definition) is 3. The normalized spacial score (nSPS) is 11.1. The van der Waals surface area contributed by atoms with Gasteiger partial charge in [0.05, 0.1) is 12.9 Å². The Kier molecular flexibility index (Phi) is 3.73. The van der Waals surface area contributed by atoms with Crippen molar-refractivity contribution >= 4 is 6.29 Å². The number of allylic oxidation sites excluding steroid dienone is 2. The van der Waals surface area contributed by atoms with Gasteiger partial charge in [-0.15, -0.1) is 0 Å². The van der Waals surface area contributed by atoms with Gasteiger partial charge in [-0.25, -0.2) is 0 Å². The highest BCUT2D eigenvalue weighted by Gasteiger charge is 1.97. The third-order valence-electron chi connectivity index (χ3n) is 1.80. The molecule has 1 aromatic rings. The Morgan fingerprint density at radius 3 is 2.57 bits per heavy atom. The number of aliphatic hydroxyl groups is 1. The van der Waals surface area contributed by atoms with Crippen LogP contribution in [-0.4, -0.2) is 18.5 Å². The van der Waals surface area contributed by atoms with Crippen molar-refractivity contribution in [1.29, 1.82) is 0 Å². The predicted molar refractivity (Wildman–Crippen MR) is 53.5 cm³/mol. The summed E-state index contributed by atoms with van der Waals surface area (Å²) in [5.74, 6) is 0.831. The Morgan fingerprint density at radius 1 is 1.43 bits per heavy atom. The molecule has 0 radical (unpaired) electrons. The van der Waals surface area contributed by atoms with Crippen LogP contribution in [0.1, 0.15) is 5.56 Å². The van der Waals surface area contributed by atoms with Crippen molar-refractivity contribution in [3.63, 3.8) is 0 Å². The number of ether oxygens (including phenoxy) is 1. The van der Waals surface area contributed by atoms with Crippen LogP contribution >= 0.6 is 0 Å². The van der Waals surface area contributed by atoms with Gasteiger partial charge in [-0.05, 0) is 17.7 Å². The molecule has 0 atom stereocenters. The number of carbonyl (C=O) groups is 1. The molecule has 1 rings (SSSR count). The van der Waals surface area contributed by atoms with Gasteiger partial charge in [0.2, 0.25) is 0 Å². The number of carbonyl (C=O) groups excluding carboxylic acids is 1. The molecule has 3 nitrogen and oxygen atoms in total. The summed E-state index contributed by atoms with van der Waals surface area (Å²) in [5.41, 5.74) is 0.932. The summed E-state index contributed by atoms with van der Waals surface area (Å²) in [4.78, 5) is 10.0. The van der Waals surface area contributed by atoms with Crippen molar-refractivity contribution in [3.8, 4) is 5.75 Å². The second kappa shape index (κ2) is 5.07.